The number of hydrogen-bond acceptors (Lipinski definition) is 5. The first kappa shape index (κ1) is 18.9. The van der Waals surface area contributed by atoms with E-state index in [0.717, 1.165) is 16.7 Å². The zero-order valence-electron chi connectivity index (χ0n) is 14.0. The highest BCUT2D eigenvalue weighted by Gasteiger charge is 2.45. The molecule has 7 nitrogen and oxygen atoms in total. The van der Waals surface area contributed by atoms with Gasteiger partial charge in [0.1, 0.15) is 0 Å². The van der Waals surface area contributed by atoms with Crippen molar-refractivity contribution in [1.29, 1.82) is 0 Å². The van der Waals surface area contributed by atoms with Crippen molar-refractivity contribution in [3.8, 4) is 0 Å². The molecule has 2 aromatic rings. The smallest absolute Gasteiger partial charge is 0.392 e. The van der Waals surface area contributed by atoms with Gasteiger partial charge < -0.3 is 10.4 Å². The molecule has 3 heterocycles. The number of nitrogens with one attached hydrogen (secondary N) is 1. The summed E-state index contributed by atoms with van der Waals surface area (Å²) < 4.78 is 40.0. The largest absolute Gasteiger partial charge is 0.417 e. The Morgan fingerprint density at radius 1 is 1.50 bits per heavy atom. The number of carbonyl (C=O) groups is 1. The standard InChI is InChI=1S/C15H17ClF3N5O2/c1-14(4-9(25)7-23(14)2)13(26)20-5-11-21-22-12-10(16)3-8(6-24(11)12)15(17,18)19/h3,6,9,25H,4-5,7H2,1-2H3,(H,20,26). The van der Waals surface area contributed by atoms with E-state index < -0.39 is 23.4 Å². The molecule has 1 fully saturated rings. The molecule has 1 saturated heterocycles. The Balaban J connectivity index is 1.83. The van der Waals surface area contributed by atoms with Crippen molar-refractivity contribution in [2.75, 3.05) is 13.6 Å². The molecule has 2 atom stereocenters. The van der Waals surface area contributed by atoms with Crippen LogP contribution in [0.5, 0.6) is 0 Å². The first-order valence-corrected chi connectivity index (χ1v) is 8.18. The number of amides is 1. The van der Waals surface area contributed by atoms with Crippen LogP contribution in [0.15, 0.2) is 12.3 Å². The number of rotatable bonds is 3. The summed E-state index contributed by atoms with van der Waals surface area (Å²) in [5.41, 5.74) is -1.77. The zero-order valence-corrected chi connectivity index (χ0v) is 14.8. The van der Waals surface area contributed by atoms with Crippen molar-refractivity contribution < 1.29 is 23.1 Å². The molecule has 0 aromatic carbocycles. The van der Waals surface area contributed by atoms with Crippen LogP contribution in [0.4, 0.5) is 13.2 Å². The van der Waals surface area contributed by atoms with Crippen molar-refractivity contribution >= 4 is 23.2 Å². The maximum absolute atomic E-state index is 13.0. The Bertz CT molecular complexity index is 856. The second-order valence-electron chi connectivity index (χ2n) is 6.58. The predicted octanol–water partition coefficient (Wildman–Crippen LogP) is 1.47. The average Bonchev–Trinajstić information content (AvgIpc) is 3.05. The second kappa shape index (κ2) is 6.36. The molecule has 142 valence electrons. The summed E-state index contributed by atoms with van der Waals surface area (Å²) in [4.78, 5) is 14.2. The number of aromatic nitrogens is 3. The molecular formula is C15H17ClF3N5O2. The number of aliphatic hydroxyl groups excluding tert-OH is 1. The minimum atomic E-state index is -4.57. The van der Waals surface area contributed by atoms with Gasteiger partial charge in [-0.1, -0.05) is 11.6 Å². The molecule has 0 aliphatic carbocycles. The number of alkyl halides is 3. The summed E-state index contributed by atoms with van der Waals surface area (Å²) in [7, 11) is 1.72. The first-order valence-electron chi connectivity index (χ1n) is 7.80. The number of carbonyl (C=O) groups excluding carboxylic acids is 1. The fourth-order valence-electron chi connectivity index (χ4n) is 3.09. The van der Waals surface area contributed by atoms with Crippen molar-refractivity contribution in [3.05, 3.63) is 28.7 Å². The molecule has 2 N–H and O–H groups in total. The first-order chi connectivity index (χ1) is 12.0. The average molecular weight is 392 g/mol. The summed E-state index contributed by atoms with van der Waals surface area (Å²) in [5.74, 6) is -0.238. The highest BCUT2D eigenvalue weighted by atomic mass is 35.5. The van der Waals surface area contributed by atoms with Gasteiger partial charge in [-0.15, -0.1) is 10.2 Å². The fraction of sp³-hybridized carbons (Fsp3) is 0.533. The van der Waals surface area contributed by atoms with E-state index in [1.54, 1.807) is 18.9 Å². The maximum atomic E-state index is 13.0. The molecule has 26 heavy (non-hydrogen) atoms. The Morgan fingerprint density at radius 3 is 2.77 bits per heavy atom. The molecular weight excluding hydrogens is 375 g/mol. The van der Waals surface area contributed by atoms with Gasteiger partial charge in [-0.05, 0) is 20.0 Å². The summed E-state index contributed by atoms with van der Waals surface area (Å²) in [6, 6.07) is 0.782. The van der Waals surface area contributed by atoms with E-state index in [1.165, 1.54) is 0 Å². The monoisotopic (exact) mass is 391 g/mol. The minimum Gasteiger partial charge on any atom is -0.392 e. The number of hydrogen-bond donors (Lipinski definition) is 2. The van der Waals surface area contributed by atoms with Gasteiger partial charge >= 0.3 is 6.18 Å². The van der Waals surface area contributed by atoms with Crippen molar-refractivity contribution in [2.45, 2.75) is 37.7 Å². The predicted molar refractivity (Wildman–Crippen MR) is 86.5 cm³/mol. The molecule has 3 rings (SSSR count). The number of fused-ring (bicyclic) bond motifs is 1. The highest BCUT2D eigenvalue weighted by molar-refractivity contribution is 6.33. The van der Waals surface area contributed by atoms with Gasteiger partial charge in [-0.25, -0.2) is 0 Å². The zero-order chi connectivity index (χ0) is 19.3. The van der Waals surface area contributed by atoms with Crippen LogP contribution in [0.25, 0.3) is 5.65 Å². The lowest BCUT2D eigenvalue weighted by Gasteiger charge is -2.30. The SMILES string of the molecule is CN1CC(O)CC1(C)C(=O)NCc1nnc2c(Cl)cc(C(F)(F)F)cn12. The van der Waals surface area contributed by atoms with Gasteiger partial charge in [0.25, 0.3) is 0 Å². The van der Waals surface area contributed by atoms with Crippen LogP contribution < -0.4 is 5.32 Å². The number of aliphatic hydroxyl groups is 1. The molecule has 0 bridgehead atoms. The number of pyridine rings is 1. The molecule has 1 aliphatic rings. The van der Waals surface area contributed by atoms with E-state index in [-0.39, 0.29) is 35.4 Å². The lowest BCUT2D eigenvalue weighted by Crippen LogP contribution is -2.51. The lowest BCUT2D eigenvalue weighted by molar-refractivity contribution is -0.138. The molecule has 2 unspecified atom stereocenters. The van der Waals surface area contributed by atoms with Crippen LogP contribution >= 0.6 is 11.6 Å². The van der Waals surface area contributed by atoms with Gasteiger partial charge in [0.05, 0.1) is 28.8 Å². The van der Waals surface area contributed by atoms with Crippen LogP contribution in [-0.4, -0.2) is 55.7 Å². The fourth-order valence-corrected chi connectivity index (χ4v) is 3.33. The third kappa shape index (κ3) is 3.24. The molecule has 1 aliphatic heterocycles. The summed E-state index contributed by atoms with van der Waals surface area (Å²) >= 11 is 5.86. The number of β-amino-alcohol motifs (C(OH)–C–C–N with tert-alkyl or cyclic N) is 1. The molecule has 1 amide bonds. The van der Waals surface area contributed by atoms with E-state index in [9.17, 15) is 23.1 Å². The van der Waals surface area contributed by atoms with Crippen molar-refractivity contribution in [1.82, 2.24) is 24.8 Å². The number of likely N-dealkylation sites (tertiary alicyclic amines) is 1. The Morgan fingerprint density at radius 2 is 2.19 bits per heavy atom. The van der Waals surface area contributed by atoms with E-state index >= 15 is 0 Å². The van der Waals surface area contributed by atoms with Gasteiger partial charge in [-0.3, -0.25) is 14.1 Å². The second-order valence-corrected chi connectivity index (χ2v) is 6.99. The van der Waals surface area contributed by atoms with Crippen LogP contribution in [-0.2, 0) is 17.5 Å². The van der Waals surface area contributed by atoms with E-state index in [4.69, 9.17) is 11.6 Å². The topological polar surface area (TPSA) is 82.8 Å². The van der Waals surface area contributed by atoms with Crippen molar-refractivity contribution in [3.63, 3.8) is 0 Å². The third-order valence-electron chi connectivity index (χ3n) is 4.71. The number of halogens is 4. The van der Waals surface area contributed by atoms with Crippen molar-refractivity contribution in [2.24, 2.45) is 0 Å². The van der Waals surface area contributed by atoms with Crippen LogP contribution in [0, 0.1) is 0 Å². The van der Waals surface area contributed by atoms with Gasteiger partial charge in [0, 0.05) is 19.2 Å². The van der Waals surface area contributed by atoms with Gasteiger partial charge in [-0.2, -0.15) is 13.2 Å². The maximum Gasteiger partial charge on any atom is 0.417 e. The Kier molecular flexibility index (Phi) is 4.62. The van der Waals surface area contributed by atoms with Gasteiger partial charge in [0.2, 0.25) is 5.91 Å². The third-order valence-corrected chi connectivity index (χ3v) is 4.99. The molecule has 11 heteroatoms. The minimum absolute atomic E-state index is 0.0727. The lowest BCUT2D eigenvalue weighted by atomic mass is 9.97. The summed E-state index contributed by atoms with van der Waals surface area (Å²) in [6.07, 6.45) is -4.08. The molecule has 0 radical (unpaired) electrons. The van der Waals surface area contributed by atoms with E-state index in [1.807, 2.05) is 0 Å². The van der Waals surface area contributed by atoms with E-state index in [2.05, 4.69) is 15.5 Å². The molecule has 2 aromatic heterocycles. The van der Waals surface area contributed by atoms with Crippen LogP contribution in [0.1, 0.15) is 24.7 Å². The van der Waals surface area contributed by atoms with E-state index in [0.29, 0.717) is 6.54 Å². The van der Waals surface area contributed by atoms with Crippen LogP contribution in [0.2, 0.25) is 5.02 Å². The normalized spacial score (nSPS) is 24.3. The number of nitrogens with zero attached hydrogens (tertiary/aromatic N) is 4. The van der Waals surface area contributed by atoms with Gasteiger partial charge in [0.15, 0.2) is 11.5 Å². The van der Waals surface area contributed by atoms with Crippen LogP contribution in [0.3, 0.4) is 0 Å². The Hall–Kier alpha value is -1.91. The summed E-state index contributed by atoms with van der Waals surface area (Å²) in [6.45, 7) is 1.93. The summed E-state index contributed by atoms with van der Waals surface area (Å²) in [5, 5.41) is 19.8. The quantitative estimate of drug-likeness (QED) is 0.828. The highest BCUT2D eigenvalue weighted by Crippen LogP contribution is 2.32. The molecule has 0 saturated carbocycles. The number of likely N-dealkylation sites (N-methyl/N-ethyl adjacent to an activating group) is 1. The molecule has 0 spiro atoms. The Labute approximate surface area is 151 Å².